The maximum absolute atomic E-state index is 6.48. The molecule has 0 unspecified atom stereocenters. The zero-order chi connectivity index (χ0) is 39.8. The number of fused-ring (bicyclic) bond motifs is 2. The summed E-state index contributed by atoms with van der Waals surface area (Å²) in [5.41, 5.74) is 11.8. The summed E-state index contributed by atoms with van der Waals surface area (Å²) >= 11 is 2.21. The summed E-state index contributed by atoms with van der Waals surface area (Å²) in [6.45, 7) is 0. The third-order valence-electron chi connectivity index (χ3n) is 10.2. The van der Waals surface area contributed by atoms with Gasteiger partial charge in [-0.15, -0.1) is 0 Å². The van der Waals surface area contributed by atoms with Crippen LogP contribution in [0.3, 0.4) is 0 Å². The first-order valence-corrected chi connectivity index (χ1v) is 20.6. The lowest BCUT2D eigenvalue weighted by atomic mass is 10.0. The minimum absolute atomic E-state index is 0.473. The van der Waals surface area contributed by atoms with E-state index in [1.165, 1.54) is 0 Å². The number of oxazole rings is 2. The van der Waals surface area contributed by atoms with Gasteiger partial charge in [-0.3, -0.25) is 0 Å². The standard InChI is InChI=1S/C48H30N8O2S2/c1-5-13-33(14-6-1)55(34-15-7-2-8-16-34)37-25-21-31(22-26-37)47-49-29-39(57-47)41-43-45(53-59-51-43)42(46-44(41)52-60-54-46)40-30-50-48(58-40)32-23-27-38(28-24-32)56(35-17-9-3-10-18-35)36-19-11-4-12-20-36/h1-30H. The Kier molecular flexibility index (Phi) is 8.95. The van der Waals surface area contributed by atoms with E-state index in [-0.39, 0.29) is 0 Å². The summed E-state index contributed by atoms with van der Waals surface area (Å²) in [4.78, 5) is 13.8. The minimum atomic E-state index is 0.473. The molecule has 1 aliphatic rings. The predicted molar refractivity (Wildman–Crippen MR) is 240 cm³/mol. The highest BCUT2D eigenvalue weighted by molar-refractivity contribution is 7.58. The van der Waals surface area contributed by atoms with Gasteiger partial charge in [0.2, 0.25) is 11.8 Å². The molecule has 0 atom stereocenters. The Hall–Kier alpha value is -7.80. The first-order valence-electron chi connectivity index (χ1n) is 19.1. The molecule has 0 saturated heterocycles. The molecule has 1 aliphatic heterocycles. The van der Waals surface area contributed by atoms with Crippen LogP contribution in [0.1, 0.15) is 0 Å². The Morgan fingerprint density at radius 2 is 0.717 bits per heavy atom. The molecule has 60 heavy (non-hydrogen) atoms. The Morgan fingerprint density at radius 1 is 0.383 bits per heavy atom. The van der Waals surface area contributed by atoms with Crippen molar-refractivity contribution in [2.45, 2.75) is 0 Å². The van der Waals surface area contributed by atoms with Gasteiger partial charge >= 0.3 is 0 Å². The lowest BCUT2D eigenvalue weighted by Gasteiger charge is -2.25. The second-order valence-electron chi connectivity index (χ2n) is 13.8. The predicted octanol–water partition coefficient (Wildman–Crippen LogP) is 14.0. The Labute approximate surface area is 351 Å². The van der Waals surface area contributed by atoms with Crippen molar-refractivity contribution in [1.29, 1.82) is 0 Å². The van der Waals surface area contributed by atoms with Gasteiger partial charge < -0.3 is 18.6 Å². The van der Waals surface area contributed by atoms with Gasteiger partial charge in [-0.2, -0.15) is 17.5 Å². The van der Waals surface area contributed by atoms with Gasteiger partial charge in [-0.1, -0.05) is 72.8 Å². The number of benzene rings is 7. The molecule has 7 aromatic carbocycles. The number of para-hydroxylation sites is 4. The van der Waals surface area contributed by atoms with Crippen LogP contribution in [-0.4, -0.2) is 18.7 Å². The first kappa shape index (κ1) is 35.4. The number of anilines is 6. The quantitative estimate of drug-likeness (QED) is 0.134. The second-order valence-corrected chi connectivity index (χ2v) is 14.9. The van der Waals surface area contributed by atoms with E-state index in [1.807, 2.05) is 97.1 Å². The fraction of sp³-hybridized carbons (Fsp3) is 0. The normalized spacial score (nSPS) is 11.7. The molecule has 0 bridgehead atoms. The van der Waals surface area contributed by atoms with Gasteiger partial charge in [0, 0.05) is 45.3 Å². The van der Waals surface area contributed by atoms with Crippen LogP contribution in [0, 0.1) is 0 Å². The third kappa shape index (κ3) is 6.36. The van der Waals surface area contributed by atoms with E-state index in [0.717, 1.165) is 68.3 Å². The second kappa shape index (κ2) is 15.2. The highest BCUT2D eigenvalue weighted by Crippen LogP contribution is 2.52. The van der Waals surface area contributed by atoms with Crippen molar-refractivity contribution < 1.29 is 8.83 Å². The van der Waals surface area contributed by atoms with E-state index in [0.29, 0.717) is 56.8 Å². The van der Waals surface area contributed by atoms with Crippen LogP contribution in [-0.2, 0) is 11.4 Å². The molecule has 0 saturated carbocycles. The molecular weight excluding hydrogens is 785 g/mol. The van der Waals surface area contributed by atoms with Gasteiger partial charge in [-0.05, 0) is 97.1 Å². The number of hydrogen-bond donors (Lipinski definition) is 0. The molecule has 12 heteroatoms. The van der Waals surface area contributed by atoms with E-state index < -0.39 is 0 Å². The first-order chi connectivity index (χ1) is 29.8. The van der Waals surface area contributed by atoms with Crippen molar-refractivity contribution in [3.05, 3.63) is 182 Å². The molecular formula is C48H30N8O2S2. The smallest absolute Gasteiger partial charge is 0.226 e. The van der Waals surface area contributed by atoms with Crippen molar-refractivity contribution in [3.63, 3.8) is 0 Å². The lowest BCUT2D eigenvalue weighted by molar-refractivity contribution is 0.588. The van der Waals surface area contributed by atoms with Crippen molar-refractivity contribution in [2.24, 2.45) is 8.73 Å². The highest BCUT2D eigenvalue weighted by Gasteiger charge is 2.30. The molecule has 0 N–H and O–H groups in total. The average Bonchev–Trinajstić information content (AvgIpc) is 4.17. The number of aromatic nitrogens is 4. The summed E-state index contributed by atoms with van der Waals surface area (Å²) in [5.74, 6) is 1.98. The molecule has 0 spiro atoms. The lowest BCUT2D eigenvalue weighted by Crippen LogP contribution is -2.09. The summed E-state index contributed by atoms with van der Waals surface area (Å²) < 4.78 is 31.9. The van der Waals surface area contributed by atoms with Crippen molar-refractivity contribution in [2.75, 3.05) is 9.80 Å². The number of nitrogens with zero attached hydrogens (tertiary/aromatic N) is 8. The molecule has 10 nitrogen and oxygen atoms in total. The number of rotatable bonds is 10. The van der Waals surface area contributed by atoms with Crippen LogP contribution in [0.2, 0.25) is 0 Å². The van der Waals surface area contributed by atoms with Gasteiger partial charge in [0.25, 0.3) is 0 Å². The summed E-state index contributed by atoms with van der Waals surface area (Å²) in [6, 6.07) is 57.6. The van der Waals surface area contributed by atoms with Crippen molar-refractivity contribution in [3.8, 4) is 45.6 Å². The summed E-state index contributed by atoms with van der Waals surface area (Å²) in [6.07, 6.45) is 3.42. The number of hydrogen-bond acceptors (Lipinski definition) is 11. The van der Waals surface area contributed by atoms with E-state index in [2.05, 4.69) is 82.6 Å². The molecule has 286 valence electrons. The van der Waals surface area contributed by atoms with E-state index in [4.69, 9.17) is 36.3 Å². The molecule has 0 radical (unpaired) electrons. The Bertz CT molecular complexity index is 2890. The van der Waals surface area contributed by atoms with Gasteiger partial charge in [-0.25, -0.2) is 9.97 Å². The SMILES string of the molecule is c1ccc(N(c2ccccc2)c2ccc(-c3ncc(-c4c5c(c(-c6cnc(-c7ccc(N(c8ccccc8)c8ccccc8)cc7)o6)c6nsnc46)N=S=N5)o3)cc2)cc1. The fourth-order valence-corrected chi connectivity index (χ4v) is 8.60. The van der Waals surface area contributed by atoms with Gasteiger partial charge in [0.1, 0.15) is 22.4 Å². The van der Waals surface area contributed by atoms with Crippen LogP contribution >= 0.6 is 11.7 Å². The third-order valence-corrected chi connectivity index (χ3v) is 11.3. The van der Waals surface area contributed by atoms with Gasteiger partial charge in [0.05, 0.1) is 46.6 Å². The van der Waals surface area contributed by atoms with Crippen LogP contribution < -0.4 is 9.80 Å². The monoisotopic (exact) mass is 814 g/mol. The molecule has 3 aromatic heterocycles. The van der Waals surface area contributed by atoms with Crippen molar-refractivity contribution in [1.82, 2.24) is 18.7 Å². The van der Waals surface area contributed by atoms with E-state index in [1.54, 1.807) is 12.4 Å². The molecule has 0 amide bonds. The van der Waals surface area contributed by atoms with E-state index in [9.17, 15) is 0 Å². The molecule has 10 aromatic rings. The molecule has 0 fully saturated rings. The Morgan fingerprint density at radius 3 is 1.07 bits per heavy atom. The van der Waals surface area contributed by atoms with Crippen LogP contribution in [0.25, 0.3) is 56.6 Å². The van der Waals surface area contributed by atoms with Crippen LogP contribution in [0.4, 0.5) is 45.5 Å². The average molecular weight is 815 g/mol. The molecule has 11 rings (SSSR count). The van der Waals surface area contributed by atoms with Crippen molar-refractivity contribution >= 4 is 79.6 Å². The maximum atomic E-state index is 6.48. The highest BCUT2D eigenvalue weighted by atomic mass is 32.1. The van der Waals surface area contributed by atoms with Gasteiger partial charge in [0.15, 0.2) is 11.5 Å². The molecule has 0 aliphatic carbocycles. The fourth-order valence-electron chi connectivity index (χ4n) is 7.48. The van der Waals surface area contributed by atoms with E-state index >= 15 is 0 Å². The largest absolute Gasteiger partial charge is 0.436 e. The zero-order valence-corrected chi connectivity index (χ0v) is 33.2. The zero-order valence-electron chi connectivity index (χ0n) is 31.5. The summed E-state index contributed by atoms with van der Waals surface area (Å²) in [7, 11) is 0. The minimum Gasteiger partial charge on any atom is -0.436 e. The summed E-state index contributed by atoms with van der Waals surface area (Å²) in [5, 5.41) is 0. The maximum Gasteiger partial charge on any atom is 0.226 e. The topological polar surface area (TPSA) is 109 Å². The van der Waals surface area contributed by atoms with Crippen LogP contribution in [0.5, 0.6) is 0 Å². The van der Waals surface area contributed by atoms with Crippen LogP contribution in [0.15, 0.2) is 200 Å². The molecule has 4 heterocycles. The Balaban J connectivity index is 0.905.